The van der Waals surface area contributed by atoms with Crippen molar-refractivity contribution in [1.82, 2.24) is 9.97 Å². The summed E-state index contributed by atoms with van der Waals surface area (Å²) in [7, 11) is 0. The zero-order valence-electron chi connectivity index (χ0n) is 10.6. The number of hydrogen-bond acceptors (Lipinski definition) is 5. The van der Waals surface area contributed by atoms with Gasteiger partial charge >= 0.3 is 0 Å². The number of anilines is 1. The Labute approximate surface area is 115 Å². The lowest BCUT2D eigenvalue weighted by atomic mass is 10.3. The molecule has 0 atom stereocenters. The Balaban J connectivity index is 2.23. The first kappa shape index (κ1) is 13.5. The number of aromatic nitrogens is 2. The second-order valence-corrected chi connectivity index (χ2v) is 4.89. The summed E-state index contributed by atoms with van der Waals surface area (Å²) in [6, 6.07) is 6.93. The molecule has 100 valence electrons. The predicted molar refractivity (Wildman–Crippen MR) is 75.6 cm³/mol. The first-order valence-corrected chi connectivity index (χ1v) is 6.77. The van der Waals surface area contributed by atoms with Crippen LogP contribution in [0.15, 0.2) is 45.3 Å². The number of aromatic amines is 1. The third-order valence-electron chi connectivity index (χ3n) is 2.34. The number of rotatable bonds is 5. The molecule has 0 bridgehead atoms. The highest BCUT2D eigenvalue weighted by molar-refractivity contribution is 7.99. The summed E-state index contributed by atoms with van der Waals surface area (Å²) in [6.45, 7) is 2.66. The summed E-state index contributed by atoms with van der Waals surface area (Å²) < 4.78 is 5.56. The fraction of sp³-hybridized carbons (Fsp3) is 0.231. The summed E-state index contributed by atoms with van der Waals surface area (Å²) in [5, 5.41) is 0.506. The van der Waals surface area contributed by atoms with Gasteiger partial charge in [0.15, 0.2) is 5.16 Å². The van der Waals surface area contributed by atoms with E-state index in [-0.39, 0.29) is 5.56 Å². The SMILES string of the molecule is CCCOc1cccc(Sc2nccc(=O)[nH]2)c1N. The monoisotopic (exact) mass is 277 g/mol. The highest BCUT2D eigenvalue weighted by atomic mass is 32.2. The zero-order valence-corrected chi connectivity index (χ0v) is 11.4. The summed E-state index contributed by atoms with van der Waals surface area (Å²) in [5.41, 5.74) is 6.42. The van der Waals surface area contributed by atoms with Gasteiger partial charge in [-0.1, -0.05) is 13.0 Å². The van der Waals surface area contributed by atoms with E-state index in [1.807, 2.05) is 25.1 Å². The Hall–Kier alpha value is -1.95. The van der Waals surface area contributed by atoms with Crippen LogP contribution >= 0.6 is 11.8 Å². The molecule has 0 saturated heterocycles. The van der Waals surface area contributed by atoms with Crippen molar-refractivity contribution in [3.8, 4) is 5.75 Å². The normalized spacial score (nSPS) is 10.4. The fourth-order valence-corrected chi connectivity index (χ4v) is 2.29. The van der Waals surface area contributed by atoms with Crippen molar-refractivity contribution in [2.45, 2.75) is 23.4 Å². The molecule has 2 rings (SSSR count). The molecule has 0 radical (unpaired) electrons. The summed E-state index contributed by atoms with van der Waals surface area (Å²) in [5.74, 6) is 0.658. The molecule has 0 aliphatic rings. The van der Waals surface area contributed by atoms with Crippen LogP contribution in [0.5, 0.6) is 5.75 Å². The van der Waals surface area contributed by atoms with Crippen LogP contribution in [0, 0.1) is 0 Å². The second-order valence-electron chi connectivity index (χ2n) is 3.86. The third-order valence-corrected chi connectivity index (χ3v) is 3.32. The van der Waals surface area contributed by atoms with Crippen molar-refractivity contribution < 1.29 is 4.74 Å². The van der Waals surface area contributed by atoms with E-state index in [0.29, 0.717) is 23.2 Å². The molecule has 19 heavy (non-hydrogen) atoms. The van der Waals surface area contributed by atoms with E-state index in [1.165, 1.54) is 24.0 Å². The second kappa shape index (κ2) is 6.29. The van der Waals surface area contributed by atoms with Crippen LogP contribution in [0.2, 0.25) is 0 Å². The molecule has 0 aliphatic heterocycles. The topological polar surface area (TPSA) is 81.0 Å². The van der Waals surface area contributed by atoms with Gasteiger partial charge in [-0.2, -0.15) is 0 Å². The highest BCUT2D eigenvalue weighted by Gasteiger charge is 2.08. The van der Waals surface area contributed by atoms with Crippen molar-refractivity contribution in [3.63, 3.8) is 0 Å². The van der Waals surface area contributed by atoms with E-state index in [2.05, 4.69) is 9.97 Å². The van der Waals surface area contributed by atoms with Crippen LogP contribution in [-0.4, -0.2) is 16.6 Å². The number of H-pyrrole nitrogens is 1. The summed E-state index contributed by atoms with van der Waals surface area (Å²) in [6.07, 6.45) is 2.39. The van der Waals surface area contributed by atoms with E-state index in [4.69, 9.17) is 10.5 Å². The van der Waals surface area contributed by atoms with Gasteiger partial charge in [0.05, 0.1) is 12.3 Å². The van der Waals surface area contributed by atoms with Crippen molar-refractivity contribution in [3.05, 3.63) is 40.8 Å². The molecule has 1 aromatic carbocycles. The number of nitrogens with zero attached hydrogens (tertiary/aromatic N) is 1. The first-order chi connectivity index (χ1) is 9.20. The molecule has 0 aliphatic carbocycles. The molecule has 0 unspecified atom stereocenters. The molecule has 0 spiro atoms. The van der Waals surface area contributed by atoms with Gasteiger partial charge in [-0.15, -0.1) is 0 Å². The minimum atomic E-state index is -0.186. The van der Waals surface area contributed by atoms with Crippen molar-refractivity contribution in [1.29, 1.82) is 0 Å². The Morgan fingerprint density at radius 1 is 1.42 bits per heavy atom. The molecule has 5 nitrogen and oxygen atoms in total. The maximum absolute atomic E-state index is 11.2. The molecule has 0 fully saturated rings. The Bertz CT molecular complexity index is 613. The van der Waals surface area contributed by atoms with Gasteiger partial charge in [0.25, 0.3) is 5.56 Å². The minimum absolute atomic E-state index is 0.186. The van der Waals surface area contributed by atoms with Gasteiger partial charge < -0.3 is 15.5 Å². The molecule has 6 heteroatoms. The van der Waals surface area contributed by atoms with Crippen LogP contribution in [0.3, 0.4) is 0 Å². The molecule has 0 saturated carbocycles. The Kier molecular flexibility index (Phi) is 4.46. The van der Waals surface area contributed by atoms with Crippen LogP contribution in [0.1, 0.15) is 13.3 Å². The van der Waals surface area contributed by atoms with Crippen LogP contribution in [0.25, 0.3) is 0 Å². The smallest absolute Gasteiger partial charge is 0.251 e. The number of nitrogens with two attached hydrogens (primary N) is 1. The molecule has 1 heterocycles. The molecular formula is C13H15N3O2S. The number of nitrogens with one attached hydrogen (secondary N) is 1. The van der Waals surface area contributed by atoms with Crippen LogP contribution < -0.4 is 16.0 Å². The lowest BCUT2D eigenvalue weighted by Gasteiger charge is -2.10. The standard InChI is InChI=1S/C13H15N3O2S/c1-2-8-18-9-4-3-5-10(12(9)14)19-13-15-7-6-11(17)16-13/h3-7H,2,8,14H2,1H3,(H,15,16,17). The molecule has 2 aromatic rings. The average molecular weight is 277 g/mol. The van der Waals surface area contributed by atoms with Crippen molar-refractivity contribution in [2.24, 2.45) is 0 Å². The number of ether oxygens (including phenoxy) is 1. The minimum Gasteiger partial charge on any atom is -0.491 e. The van der Waals surface area contributed by atoms with Gasteiger partial charge in [-0.25, -0.2) is 4.98 Å². The van der Waals surface area contributed by atoms with E-state index in [9.17, 15) is 4.79 Å². The quantitative estimate of drug-likeness (QED) is 0.647. The third kappa shape index (κ3) is 3.51. The highest BCUT2D eigenvalue weighted by Crippen LogP contribution is 2.35. The summed E-state index contributed by atoms with van der Waals surface area (Å²) >= 11 is 1.30. The zero-order chi connectivity index (χ0) is 13.7. The van der Waals surface area contributed by atoms with E-state index < -0.39 is 0 Å². The molecule has 0 amide bonds. The van der Waals surface area contributed by atoms with Gasteiger partial charge in [0, 0.05) is 17.2 Å². The van der Waals surface area contributed by atoms with Crippen molar-refractivity contribution >= 4 is 17.4 Å². The lowest BCUT2D eigenvalue weighted by Crippen LogP contribution is -2.05. The molecule has 3 N–H and O–H groups in total. The van der Waals surface area contributed by atoms with Gasteiger partial charge in [0.1, 0.15) is 5.75 Å². The largest absolute Gasteiger partial charge is 0.491 e. The maximum Gasteiger partial charge on any atom is 0.251 e. The van der Waals surface area contributed by atoms with Crippen molar-refractivity contribution in [2.75, 3.05) is 12.3 Å². The Morgan fingerprint density at radius 3 is 3.00 bits per heavy atom. The maximum atomic E-state index is 11.2. The number of hydrogen-bond donors (Lipinski definition) is 2. The summed E-state index contributed by atoms with van der Waals surface area (Å²) in [4.78, 5) is 18.7. The predicted octanol–water partition coefficient (Wildman–Crippen LogP) is 2.29. The van der Waals surface area contributed by atoms with Gasteiger partial charge in [0.2, 0.25) is 0 Å². The number of nitrogen functional groups attached to an aromatic ring is 1. The van der Waals surface area contributed by atoms with Crippen LogP contribution in [0.4, 0.5) is 5.69 Å². The fourth-order valence-electron chi connectivity index (χ4n) is 1.46. The number of benzene rings is 1. The van der Waals surface area contributed by atoms with Crippen LogP contribution in [-0.2, 0) is 0 Å². The Morgan fingerprint density at radius 2 is 2.26 bits per heavy atom. The molecular weight excluding hydrogens is 262 g/mol. The lowest BCUT2D eigenvalue weighted by molar-refractivity contribution is 0.318. The van der Waals surface area contributed by atoms with Gasteiger partial charge in [-0.3, -0.25) is 4.79 Å². The molecule has 1 aromatic heterocycles. The average Bonchev–Trinajstić information content (AvgIpc) is 2.40. The van der Waals surface area contributed by atoms with Gasteiger partial charge in [-0.05, 0) is 30.3 Å². The number of para-hydroxylation sites is 1. The van der Waals surface area contributed by atoms with E-state index in [0.717, 1.165) is 11.3 Å². The van der Waals surface area contributed by atoms with E-state index in [1.54, 1.807) is 0 Å². The first-order valence-electron chi connectivity index (χ1n) is 5.95. The van der Waals surface area contributed by atoms with E-state index >= 15 is 0 Å².